The Morgan fingerprint density at radius 3 is 2.33 bits per heavy atom. The van der Waals surface area contributed by atoms with Crippen LogP contribution in [-0.4, -0.2) is 13.1 Å². The maximum Gasteiger partial charge on any atom is 0.101 e. The van der Waals surface area contributed by atoms with Gasteiger partial charge in [-0.3, -0.25) is 0 Å². The first-order valence-electron chi connectivity index (χ1n) is 9.92. The maximum atomic E-state index is 8.47. The lowest BCUT2D eigenvalue weighted by Crippen LogP contribution is -2.14. The SMILES string of the molecule is CCC(C)C1CCNC1.CCc1ccccc1.Cc1ccc(C#N)c(Cl)c1. The Labute approximate surface area is 170 Å². The number of benzene rings is 2. The second-order valence-electron chi connectivity index (χ2n) is 7.07. The molecule has 1 heterocycles. The van der Waals surface area contributed by atoms with Crippen molar-refractivity contribution in [1.82, 2.24) is 5.32 Å². The monoisotopic (exact) mass is 384 g/mol. The molecule has 0 aliphatic carbocycles. The molecule has 1 aliphatic heterocycles. The van der Waals surface area contributed by atoms with Gasteiger partial charge in [0.1, 0.15) is 6.07 Å². The minimum atomic E-state index is 0.530. The molecule has 146 valence electrons. The molecule has 1 fully saturated rings. The van der Waals surface area contributed by atoms with E-state index in [0.717, 1.165) is 23.8 Å². The quantitative estimate of drug-likeness (QED) is 0.663. The first-order chi connectivity index (χ1) is 13.0. The third-order valence-corrected chi connectivity index (χ3v) is 5.36. The van der Waals surface area contributed by atoms with E-state index in [1.165, 1.54) is 31.5 Å². The van der Waals surface area contributed by atoms with Gasteiger partial charge in [0.25, 0.3) is 0 Å². The first kappa shape index (κ1) is 23.2. The van der Waals surface area contributed by atoms with Gasteiger partial charge in [0.2, 0.25) is 0 Å². The highest BCUT2D eigenvalue weighted by atomic mass is 35.5. The minimum Gasteiger partial charge on any atom is -0.316 e. The second kappa shape index (κ2) is 13.4. The van der Waals surface area contributed by atoms with E-state index in [-0.39, 0.29) is 0 Å². The molecular weight excluding hydrogens is 352 g/mol. The zero-order chi connectivity index (χ0) is 20.1. The molecule has 0 saturated carbocycles. The molecule has 1 N–H and O–H groups in total. The molecule has 2 nitrogen and oxygen atoms in total. The smallest absolute Gasteiger partial charge is 0.101 e. The summed E-state index contributed by atoms with van der Waals surface area (Å²) in [7, 11) is 0. The van der Waals surface area contributed by atoms with Crippen LogP contribution in [0.15, 0.2) is 48.5 Å². The molecule has 27 heavy (non-hydrogen) atoms. The second-order valence-corrected chi connectivity index (χ2v) is 7.48. The van der Waals surface area contributed by atoms with Crippen LogP contribution >= 0.6 is 11.6 Å². The summed E-state index contributed by atoms with van der Waals surface area (Å²) in [5, 5.41) is 12.4. The Kier molecular flexibility index (Phi) is 11.5. The lowest BCUT2D eigenvalue weighted by atomic mass is 9.91. The van der Waals surface area contributed by atoms with E-state index >= 15 is 0 Å². The van der Waals surface area contributed by atoms with Crippen LogP contribution in [0.2, 0.25) is 5.02 Å². The van der Waals surface area contributed by atoms with E-state index in [1.54, 1.807) is 12.1 Å². The Balaban J connectivity index is 0.000000204. The van der Waals surface area contributed by atoms with Crippen LogP contribution in [0.5, 0.6) is 0 Å². The summed E-state index contributed by atoms with van der Waals surface area (Å²) in [6.45, 7) is 11.2. The predicted molar refractivity (Wildman–Crippen MR) is 117 cm³/mol. The number of nitrogens with one attached hydrogen (secondary N) is 1. The van der Waals surface area contributed by atoms with Crippen molar-refractivity contribution in [1.29, 1.82) is 5.26 Å². The highest BCUT2D eigenvalue weighted by molar-refractivity contribution is 6.31. The van der Waals surface area contributed by atoms with Crippen LogP contribution in [0.4, 0.5) is 0 Å². The number of hydrogen-bond acceptors (Lipinski definition) is 2. The molecule has 2 aromatic carbocycles. The Morgan fingerprint density at radius 2 is 1.89 bits per heavy atom. The van der Waals surface area contributed by atoms with Crippen LogP contribution in [0.1, 0.15) is 50.3 Å². The molecule has 1 aliphatic rings. The molecule has 3 rings (SSSR count). The molecule has 0 aromatic heterocycles. The van der Waals surface area contributed by atoms with Crippen LogP contribution in [0, 0.1) is 30.1 Å². The Hall–Kier alpha value is -1.82. The van der Waals surface area contributed by atoms with Crippen molar-refractivity contribution in [2.75, 3.05) is 13.1 Å². The average Bonchev–Trinajstić information content (AvgIpc) is 3.24. The molecule has 3 heteroatoms. The lowest BCUT2D eigenvalue weighted by Gasteiger charge is -2.14. The van der Waals surface area contributed by atoms with Crippen molar-refractivity contribution in [3.05, 3.63) is 70.2 Å². The fourth-order valence-corrected chi connectivity index (χ4v) is 3.20. The van der Waals surface area contributed by atoms with E-state index in [9.17, 15) is 0 Å². The Bertz CT molecular complexity index is 685. The Morgan fingerprint density at radius 1 is 1.19 bits per heavy atom. The van der Waals surface area contributed by atoms with Crippen molar-refractivity contribution >= 4 is 11.6 Å². The summed E-state index contributed by atoms with van der Waals surface area (Å²) >= 11 is 5.71. The van der Waals surface area contributed by atoms with Gasteiger partial charge in [-0.1, -0.05) is 75.2 Å². The molecule has 0 bridgehead atoms. The van der Waals surface area contributed by atoms with Gasteiger partial charge in [0.15, 0.2) is 0 Å². The highest BCUT2D eigenvalue weighted by Crippen LogP contribution is 2.20. The molecule has 1 saturated heterocycles. The van der Waals surface area contributed by atoms with Crippen molar-refractivity contribution in [2.24, 2.45) is 11.8 Å². The topological polar surface area (TPSA) is 35.8 Å². The van der Waals surface area contributed by atoms with E-state index < -0.39 is 0 Å². The zero-order valence-electron chi connectivity index (χ0n) is 17.1. The third kappa shape index (κ3) is 9.09. The zero-order valence-corrected chi connectivity index (χ0v) is 17.9. The molecule has 2 unspecified atom stereocenters. The van der Waals surface area contributed by atoms with Gasteiger partial charge in [0, 0.05) is 0 Å². The summed E-state index contributed by atoms with van der Waals surface area (Å²) in [5.41, 5.74) is 3.02. The van der Waals surface area contributed by atoms with Crippen LogP contribution in [-0.2, 0) is 6.42 Å². The summed E-state index contributed by atoms with van der Waals surface area (Å²) in [4.78, 5) is 0. The summed E-state index contributed by atoms with van der Waals surface area (Å²) in [5.74, 6) is 1.90. The molecular formula is C24H33ClN2. The standard InChI is InChI=1S/C8H6ClN.C8H17N.C8H10/c1-6-2-3-7(5-10)8(9)4-6;1-3-7(2)8-4-5-9-6-8;1-2-8-6-4-3-5-7-8/h2-4H,1H3;7-9H,3-6H2,1-2H3;3-7H,2H2,1H3. The minimum absolute atomic E-state index is 0.530. The van der Waals surface area contributed by atoms with Gasteiger partial charge in [-0.2, -0.15) is 5.26 Å². The van der Waals surface area contributed by atoms with E-state index in [0.29, 0.717) is 10.6 Å². The van der Waals surface area contributed by atoms with Crippen molar-refractivity contribution < 1.29 is 0 Å². The molecule has 0 spiro atoms. The van der Waals surface area contributed by atoms with Crippen LogP contribution < -0.4 is 5.32 Å². The van der Waals surface area contributed by atoms with Gasteiger partial charge in [-0.15, -0.1) is 0 Å². The first-order valence-corrected chi connectivity index (χ1v) is 10.3. The number of nitriles is 1. The number of nitrogens with zero attached hydrogens (tertiary/aromatic N) is 1. The summed E-state index contributed by atoms with van der Waals surface area (Å²) < 4.78 is 0. The molecule has 0 amide bonds. The van der Waals surface area contributed by atoms with Gasteiger partial charge < -0.3 is 5.32 Å². The van der Waals surface area contributed by atoms with Crippen molar-refractivity contribution in [3.8, 4) is 6.07 Å². The van der Waals surface area contributed by atoms with Gasteiger partial charge in [0.05, 0.1) is 10.6 Å². The van der Waals surface area contributed by atoms with E-state index in [4.69, 9.17) is 16.9 Å². The third-order valence-electron chi connectivity index (χ3n) is 5.04. The van der Waals surface area contributed by atoms with Crippen LogP contribution in [0.3, 0.4) is 0 Å². The van der Waals surface area contributed by atoms with E-state index in [2.05, 4.69) is 50.4 Å². The van der Waals surface area contributed by atoms with Crippen LogP contribution in [0.25, 0.3) is 0 Å². The van der Waals surface area contributed by atoms with Gasteiger partial charge in [-0.25, -0.2) is 0 Å². The number of rotatable bonds is 3. The molecule has 2 atom stereocenters. The number of hydrogen-bond donors (Lipinski definition) is 1. The predicted octanol–water partition coefficient (Wildman–Crippen LogP) is 6.41. The fourth-order valence-electron chi connectivity index (χ4n) is 2.92. The van der Waals surface area contributed by atoms with Crippen molar-refractivity contribution in [3.63, 3.8) is 0 Å². The fraction of sp³-hybridized carbons (Fsp3) is 0.458. The molecule has 2 aromatic rings. The summed E-state index contributed by atoms with van der Waals surface area (Å²) in [6, 6.07) is 17.8. The number of halogens is 1. The highest BCUT2D eigenvalue weighted by Gasteiger charge is 2.18. The summed E-state index contributed by atoms with van der Waals surface area (Å²) in [6.07, 6.45) is 3.88. The average molecular weight is 385 g/mol. The molecule has 0 radical (unpaired) electrons. The maximum absolute atomic E-state index is 8.47. The normalized spacial score (nSPS) is 16.2. The van der Waals surface area contributed by atoms with Crippen molar-refractivity contribution in [2.45, 2.75) is 47.0 Å². The van der Waals surface area contributed by atoms with Gasteiger partial charge >= 0.3 is 0 Å². The van der Waals surface area contributed by atoms with E-state index in [1.807, 2.05) is 25.1 Å². The largest absolute Gasteiger partial charge is 0.316 e. The lowest BCUT2D eigenvalue weighted by molar-refractivity contribution is 0.376. The van der Waals surface area contributed by atoms with Gasteiger partial charge in [-0.05, 0) is 68.0 Å². The number of aryl methyl sites for hydroxylation is 2.